The molecular formula is C12H11FO2S. The van der Waals surface area contributed by atoms with Crippen molar-refractivity contribution in [1.29, 1.82) is 0 Å². The summed E-state index contributed by atoms with van der Waals surface area (Å²) in [4.78, 5) is 11.4. The van der Waals surface area contributed by atoms with Gasteiger partial charge in [-0.25, -0.2) is 9.18 Å². The first-order chi connectivity index (χ1) is 7.65. The average molecular weight is 238 g/mol. The van der Waals surface area contributed by atoms with E-state index in [2.05, 4.69) is 5.92 Å². The first kappa shape index (κ1) is 12.6. The second-order valence-electron chi connectivity index (χ2n) is 3.10. The van der Waals surface area contributed by atoms with Gasteiger partial charge in [-0.3, -0.25) is 0 Å². The Morgan fingerprint density at radius 2 is 2.31 bits per heavy atom. The van der Waals surface area contributed by atoms with Crippen molar-refractivity contribution in [3.8, 4) is 12.3 Å². The van der Waals surface area contributed by atoms with Crippen molar-refractivity contribution in [2.45, 2.75) is 17.7 Å². The first-order valence-electron chi connectivity index (χ1n) is 4.74. The molecule has 16 heavy (non-hydrogen) atoms. The van der Waals surface area contributed by atoms with Gasteiger partial charge in [-0.2, -0.15) is 0 Å². The zero-order valence-electron chi connectivity index (χ0n) is 8.57. The summed E-state index contributed by atoms with van der Waals surface area (Å²) in [5, 5.41) is 8.72. The van der Waals surface area contributed by atoms with Crippen LogP contribution in [-0.2, 0) is 0 Å². The molecule has 0 atom stereocenters. The van der Waals surface area contributed by atoms with E-state index >= 15 is 0 Å². The van der Waals surface area contributed by atoms with Gasteiger partial charge in [0, 0.05) is 11.3 Å². The Balaban J connectivity index is 2.65. The molecule has 0 fully saturated rings. The number of carbonyl (C=O) groups is 1. The third-order valence-corrected chi connectivity index (χ3v) is 2.98. The monoisotopic (exact) mass is 238 g/mol. The van der Waals surface area contributed by atoms with E-state index in [0.717, 1.165) is 17.1 Å². The van der Waals surface area contributed by atoms with E-state index in [1.165, 1.54) is 23.9 Å². The Bertz CT molecular complexity index is 424. The average Bonchev–Trinajstić information content (AvgIpc) is 2.26. The Morgan fingerprint density at radius 3 is 2.94 bits per heavy atom. The summed E-state index contributed by atoms with van der Waals surface area (Å²) in [7, 11) is 0. The Hall–Kier alpha value is -1.47. The molecule has 0 aliphatic heterocycles. The molecule has 0 saturated carbocycles. The van der Waals surface area contributed by atoms with E-state index in [4.69, 9.17) is 11.5 Å². The van der Waals surface area contributed by atoms with Crippen molar-refractivity contribution in [2.75, 3.05) is 5.75 Å². The van der Waals surface area contributed by atoms with Crippen molar-refractivity contribution in [3.05, 3.63) is 29.6 Å². The quantitative estimate of drug-likeness (QED) is 0.486. The maximum Gasteiger partial charge on any atom is 0.338 e. The molecule has 1 aromatic rings. The third kappa shape index (κ3) is 3.59. The van der Waals surface area contributed by atoms with Crippen LogP contribution in [0.4, 0.5) is 4.39 Å². The predicted octanol–water partition coefficient (Wildman–Crippen LogP) is 3.03. The van der Waals surface area contributed by atoms with Crippen LogP contribution in [0.2, 0.25) is 0 Å². The number of carboxylic acids is 1. The minimum absolute atomic E-state index is 0.290. The van der Waals surface area contributed by atoms with Gasteiger partial charge in [0.25, 0.3) is 0 Å². The number of benzene rings is 1. The lowest BCUT2D eigenvalue weighted by atomic mass is 10.2. The van der Waals surface area contributed by atoms with Crippen molar-refractivity contribution in [1.82, 2.24) is 0 Å². The van der Waals surface area contributed by atoms with Gasteiger partial charge in [0.1, 0.15) is 5.82 Å². The summed E-state index contributed by atoms with van der Waals surface area (Å²) < 4.78 is 13.0. The van der Waals surface area contributed by atoms with Crippen LogP contribution in [0.3, 0.4) is 0 Å². The molecule has 1 rings (SSSR count). The topological polar surface area (TPSA) is 37.3 Å². The first-order valence-corrected chi connectivity index (χ1v) is 5.73. The van der Waals surface area contributed by atoms with Gasteiger partial charge in [0.05, 0.1) is 5.56 Å². The maximum absolute atomic E-state index is 13.0. The van der Waals surface area contributed by atoms with Crippen molar-refractivity contribution in [2.24, 2.45) is 0 Å². The van der Waals surface area contributed by atoms with Gasteiger partial charge in [-0.1, -0.05) is 0 Å². The number of halogens is 1. The molecule has 0 saturated heterocycles. The van der Waals surface area contributed by atoms with E-state index in [0.29, 0.717) is 6.42 Å². The van der Waals surface area contributed by atoms with E-state index in [1.807, 2.05) is 0 Å². The summed E-state index contributed by atoms with van der Waals surface area (Å²) in [5.41, 5.74) is -0.290. The van der Waals surface area contributed by atoms with Gasteiger partial charge in [-0.15, -0.1) is 24.1 Å². The number of aromatic carboxylic acids is 1. The molecule has 1 aromatic carbocycles. The van der Waals surface area contributed by atoms with Crippen molar-refractivity contribution in [3.63, 3.8) is 0 Å². The van der Waals surface area contributed by atoms with E-state index in [1.54, 1.807) is 6.07 Å². The number of rotatable bonds is 5. The van der Waals surface area contributed by atoms with E-state index < -0.39 is 11.8 Å². The fourth-order valence-corrected chi connectivity index (χ4v) is 2.01. The smallest absolute Gasteiger partial charge is 0.338 e. The molecule has 0 amide bonds. The number of thioether (sulfide) groups is 1. The van der Waals surface area contributed by atoms with Crippen LogP contribution < -0.4 is 0 Å². The molecule has 0 bridgehead atoms. The van der Waals surface area contributed by atoms with Crippen LogP contribution in [0.15, 0.2) is 23.1 Å². The lowest BCUT2D eigenvalue weighted by molar-refractivity contribution is 0.0691. The lowest BCUT2D eigenvalue weighted by Crippen LogP contribution is -2.00. The number of unbranched alkanes of at least 4 members (excludes halogenated alkanes) is 1. The van der Waals surface area contributed by atoms with Gasteiger partial charge in [-0.05, 0) is 30.4 Å². The minimum atomic E-state index is -1.25. The highest BCUT2D eigenvalue weighted by Crippen LogP contribution is 2.22. The van der Waals surface area contributed by atoms with Crippen LogP contribution in [0, 0.1) is 18.2 Å². The van der Waals surface area contributed by atoms with Gasteiger partial charge >= 0.3 is 5.97 Å². The molecule has 4 heteroatoms. The van der Waals surface area contributed by atoms with Crippen LogP contribution in [0.25, 0.3) is 0 Å². The van der Waals surface area contributed by atoms with E-state index in [9.17, 15) is 9.18 Å². The number of terminal acetylenes is 1. The summed E-state index contributed by atoms with van der Waals surface area (Å²) >= 11 is 1.48. The zero-order valence-corrected chi connectivity index (χ0v) is 9.39. The highest BCUT2D eigenvalue weighted by molar-refractivity contribution is 7.99. The highest BCUT2D eigenvalue weighted by atomic mass is 32.2. The molecule has 1 N–H and O–H groups in total. The van der Waals surface area contributed by atoms with Gasteiger partial charge in [0.15, 0.2) is 0 Å². The largest absolute Gasteiger partial charge is 0.478 e. The molecule has 0 aliphatic rings. The van der Waals surface area contributed by atoms with Crippen molar-refractivity contribution >= 4 is 17.7 Å². The molecule has 0 heterocycles. The van der Waals surface area contributed by atoms with E-state index in [-0.39, 0.29) is 5.56 Å². The van der Waals surface area contributed by atoms with Crippen molar-refractivity contribution < 1.29 is 14.3 Å². The Labute approximate surface area is 97.9 Å². The third-order valence-electron chi connectivity index (χ3n) is 1.90. The minimum Gasteiger partial charge on any atom is -0.478 e. The molecule has 0 aliphatic carbocycles. The highest BCUT2D eigenvalue weighted by Gasteiger charge is 2.10. The predicted molar refractivity (Wildman–Crippen MR) is 62.2 cm³/mol. The fourth-order valence-electron chi connectivity index (χ4n) is 1.12. The Morgan fingerprint density at radius 1 is 1.56 bits per heavy atom. The second-order valence-corrected chi connectivity index (χ2v) is 4.27. The summed E-state index contributed by atoms with van der Waals surface area (Å²) in [5.74, 6) is 1.37. The number of carboxylic acid groups (broad SMARTS) is 1. The summed E-state index contributed by atoms with van der Waals surface area (Å²) in [6.45, 7) is 0. The molecule has 0 unspecified atom stereocenters. The molecule has 0 radical (unpaired) electrons. The van der Waals surface area contributed by atoms with Gasteiger partial charge in [0.2, 0.25) is 0 Å². The standard InChI is InChI=1S/C12H11FO2S/c1-2-3-4-7-16-9-5-6-11(13)10(8-9)12(14)15/h1,5-6,8H,3-4,7H2,(H,14,15). The normalized spacial score (nSPS) is 9.75. The fraction of sp³-hybridized carbons (Fsp3) is 0.250. The number of hydrogen-bond acceptors (Lipinski definition) is 2. The molecular weight excluding hydrogens is 227 g/mol. The van der Waals surface area contributed by atoms with Crippen LogP contribution in [0.1, 0.15) is 23.2 Å². The molecule has 0 spiro atoms. The lowest BCUT2D eigenvalue weighted by Gasteiger charge is -2.02. The zero-order chi connectivity index (χ0) is 12.0. The van der Waals surface area contributed by atoms with Crippen LogP contribution in [0.5, 0.6) is 0 Å². The Kier molecular flexibility index (Phi) is 4.87. The summed E-state index contributed by atoms with van der Waals surface area (Å²) in [6.07, 6.45) is 6.66. The molecule has 0 aromatic heterocycles. The van der Waals surface area contributed by atoms with Crippen LogP contribution in [-0.4, -0.2) is 16.8 Å². The van der Waals surface area contributed by atoms with Crippen LogP contribution >= 0.6 is 11.8 Å². The SMILES string of the molecule is C#CCCCSc1ccc(F)c(C(=O)O)c1. The maximum atomic E-state index is 13.0. The second kappa shape index (κ2) is 6.19. The number of hydrogen-bond donors (Lipinski definition) is 1. The molecule has 2 nitrogen and oxygen atoms in total. The summed E-state index contributed by atoms with van der Waals surface area (Å²) in [6, 6.07) is 4.09. The van der Waals surface area contributed by atoms with Gasteiger partial charge < -0.3 is 5.11 Å². The molecule has 84 valence electrons.